The molecule has 0 bridgehead atoms. The van der Waals surface area contributed by atoms with Gasteiger partial charge in [-0.1, -0.05) is 69.8 Å². The van der Waals surface area contributed by atoms with Crippen LogP contribution in [0.25, 0.3) is 11.2 Å². The molecule has 0 radical (unpaired) electrons. The molecule has 3 aromatic rings. The Hall–Kier alpha value is -2.19. The van der Waals surface area contributed by atoms with Crippen molar-refractivity contribution >= 4 is 44.4 Å². The number of fused-ring (bicyclic) bond motifs is 1. The Bertz CT molecular complexity index is 1370. The molecule has 0 aliphatic carbocycles. The highest BCUT2D eigenvalue weighted by atomic mass is 32.2. The number of hydrogen-bond donors (Lipinski definition) is 2. The van der Waals surface area contributed by atoms with E-state index in [-0.39, 0.29) is 19.1 Å². The second-order valence-electron chi connectivity index (χ2n) is 11.9. The number of rotatable bonds is 19. The predicted octanol–water partition coefficient (Wildman–Crippen LogP) is 6.91. The van der Waals surface area contributed by atoms with Gasteiger partial charge in [-0.25, -0.2) is 15.0 Å². The summed E-state index contributed by atoms with van der Waals surface area (Å²) in [5, 5.41) is 0. The second-order valence-corrected chi connectivity index (χ2v) is 19.7. The number of hydrogen-bond acceptors (Lipinski definition) is 8. The lowest BCUT2D eigenvalue weighted by atomic mass is 10.0. The van der Waals surface area contributed by atoms with Crippen LogP contribution >= 0.6 is 19.4 Å². The van der Waals surface area contributed by atoms with Gasteiger partial charge in [0.15, 0.2) is 11.5 Å². The van der Waals surface area contributed by atoms with Gasteiger partial charge in [-0.05, 0) is 49.6 Å². The fourth-order valence-corrected chi connectivity index (χ4v) is 6.74. The Morgan fingerprint density at radius 3 is 2.44 bits per heavy atom. The van der Waals surface area contributed by atoms with E-state index in [2.05, 4.69) is 70.3 Å². The van der Waals surface area contributed by atoms with Crippen molar-refractivity contribution in [2.24, 2.45) is 0 Å². The zero-order valence-electron chi connectivity index (χ0n) is 26.1. The van der Waals surface area contributed by atoms with E-state index < -0.39 is 15.7 Å². The molecule has 0 amide bonds. The Morgan fingerprint density at radius 2 is 1.72 bits per heavy atom. The quantitative estimate of drug-likeness (QED) is 0.0619. The Balaban J connectivity index is 1.14. The van der Waals surface area contributed by atoms with Crippen LogP contribution in [0.3, 0.4) is 0 Å². The van der Waals surface area contributed by atoms with Crippen LogP contribution in [-0.4, -0.2) is 63.1 Å². The molecule has 1 unspecified atom stereocenters. The molecule has 0 fully saturated rings. The third-order valence-corrected chi connectivity index (χ3v) is 9.69. The maximum atomic E-state index is 12.3. The number of nitrogens with two attached hydrogens (primary N) is 1. The van der Waals surface area contributed by atoms with Crippen molar-refractivity contribution in [2.45, 2.75) is 90.6 Å². The van der Waals surface area contributed by atoms with Crippen molar-refractivity contribution in [1.82, 2.24) is 19.5 Å². The van der Waals surface area contributed by atoms with Gasteiger partial charge in [0.1, 0.15) is 26.3 Å². The topological polar surface area (TPSA) is 125 Å². The zero-order valence-corrected chi connectivity index (χ0v) is 28.8. The first-order valence-corrected chi connectivity index (χ1v) is 21.6. The SMILES string of the molecule is C[C@H](Cn1cnc2c(N)ncnc21)OCP(=O)(O)OCCSCCCCCCCCCc1ccc(C#C[Si](C)(C)C)cc1. The van der Waals surface area contributed by atoms with Crippen LogP contribution in [0.1, 0.15) is 63.0 Å². The molecule has 3 N–H and O–H groups in total. The van der Waals surface area contributed by atoms with E-state index >= 15 is 0 Å². The van der Waals surface area contributed by atoms with E-state index in [0.717, 1.165) is 24.2 Å². The minimum absolute atomic E-state index is 0.229. The Kier molecular flexibility index (Phi) is 14.7. The average Bonchev–Trinajstić information content (AvgIpc) is 3.37. The lowest BCUT2D eigenvalue weighted by Gasteiger charge is -2.17. The van der Waals surface area contributed by atoms with Crippen LogP contribution in [0, 0.1) is 11.5 Å². The molecule has 0 saturated heterocycles. The number of nitrogens with zero attached hydrogens (tertiary/aromatic N) is 4. The Labute approximate surface area is 262 Å². The fraction of sp³-hybridized carbons (Fsp3) is 0.581. The maximum Gasteiger partial charge on any atom is 0.353 e. The molecule has 0 aliphatic heterocycles. The van der Waals surface area contributed by atoms with Gasteiger partial charge in [0.25, 0.3) is 0 Å². The summed E-state index contributed by atoms with van der Waals surface area (Å²) in [6.07, 6.45) is 12.2. The molecule has 9 nitrogen and oxygen atoms in total. The number of thioether (sulfide) groups is 1. The van der Waals surface area contributed by atoms with E-state index in [4.69, 9.17) is 15.0 Å². The zero-order chi connectivity index (χ0) is 31.1. The average molecular weight is 646 g/mol. The third-order valence-electron chi connectivity index (χ3n) is 6.72. The molecule has 3 rings (SSSR count). The molecular weight excluding hydrogens is 597 g/mol. The molecule has 43 heavy (non-hydrogen) atoms. The van der Waals surface area contributed by atoms with Crippen LogP contribution in [0.15, 0.2) is 36.9 Å². The predicted molar refractivity (Wildman–Crippen MR) is 181 cm³/mol. The summed E-state index contributed by atoms with van der Waals surface area (Å²) >= 11 is 1.76. The van der Waals surface area contributed by atoms with Gasteiger partial charge in [-0.3, -0.25) is 4.57 Å². The molecule has 2 aromatic heterocycles. The summed E-state index contributed by atoms with van der Waals surface area (Å²) in [6.45, 7) is 9.26. The van der Waals surface area contributed by atoms with E-state index in [0.29, 0.717) is 29.3 Å². The number of imidazole rings is 1. The van der Waals surface area contributed by atoms with E-state index in [9.17, 15) is 9.46 Å². The van der Waals surface area contributed by atoms with Crippen LogP contribution in [0.2, 0.25) is 19.6 Å². The van der Waals surface area contributed by atoms with E-state index in [1.807, 2.05) is 6.92 Å². The number of benzene rings is 1. The summed E-state index contributed by atoms with van der Waals surface area (Å²) in [7, 11) is -5.14. The standard InChI is InChI=1S/C31H48N5O4PSSi/c1-26(22-36-24-35-29-30(32)33-23-34-31(29)36)39-25-41(37,38)40-18-20-42-19-11-9-7-5-6-8-10-12-27-13-15-28(16-14-27)17-21-43(2,3)4/h13-16,23-24,26H,5-12,18-20,22,25H2,1-4H3,(H,37,38)(H2,32,33,34)/t26-/m1/s1. The number of anilines is 1. The Morgan fingerprint density at radius 1 is 1.02 bits per heavy atom. The smallest absolute Gasteiger partial charge is 0.353 e. The molecule has 1 aromatic carbocycles. The van der Waals surface area contributed by atoms with Crippen molar-refractivity contribution in [1.29, 1.82) is 0 Å². The van der Waals surface area contributed by atoms with Crippen LogP contribution < -0.4 is 5.73 Å². The second kappa shape index (κ2) is 17.9. The van der Waals surface area contributed by atoms with Crippen molar-refractivity contribution in [3.8, 4) is 11.5 Å². The maximum absolute atomic E-state index is 12.3. The minimum Gasteiger partial charge on any atom is -0.382 e. The summed E-state index contributed by atoms with van der Waals surface area (Å²) in [6, 6.07) is 8.77. The van der Waals surface area contributed by atoms with Crippen LogP contribution in [0.4, 0.5) is 5.82 Å². The highest BCUT2D eigenvalue weighted by Crippen LogP contribution is 2.42. The number of aromatic nitrogens is 4. The largest absolute Gasteiger partial charge is 0.382 e. The molecule has 12 heteroatoms. The third kappa shape index (κ3) is 14.0. The number of aryl methyl sites for hydroxylation is 1. The first-order chi connectivity index (χ1) is 20.5. The van der Waals surface area contributed by atoms with Crippen molar-refractivity contribution in [3.05, 3.63) is 48.0 Å². The van der Waals surface area contributed by atoms with Crippen molar-refractivity contribution < 1.29 is 18.7 Å². The molecule has 0 aliphatic rings. The molecule has 2 atom stereocenters. The van der Waals surface area contributed by atoms with Crippen LogP contribution in [-0.2, 0) is 26.8 Å². The number of nitrogen functional groups attached to an aromatic ring is 1. The fourth-order valence-electron chi connectivity index (χ4n) is 4.39. The number of ether oxygens (including phenoxy) is 1. The van der Waals surface area contributed by atoms with E-state index in [1.54, 1.807) is 22.7 Å². The minimum atomic E-state index is -3.81. The van der Waals surface area contributed by atoms with E-state index in [1.165, 1.54) is 50.4 Å². The first kappa shape index (κ1) is 35.3. The molecule has 236 valence electrons. The van der Waals surface area contributed by atoms with Crippen molar-refractivity contribution in [3.63, 3.8) is 0 Å². The molecular formula is C31H48N5O4PSSi. The van der Waals surface area contributed by atoms with Gasteiger partial charge < -0.3 is 24.5 Å². The molecule has 0 spiro atoms. The first-order valence-electron chi connectivity index (χ1n) is 15.2. The summed E-state index contributed by atoms with van der Waals surface area (Å²) in [5.41, 5.74) is 12.9. The molecule has 0 saturated carbocycles. The van der Waals surface area contributed by atoms with Gasteiger partial charge >= 0.3 is 7.60 Å². The normalized spacial score (nSPS) is 13.9. The van der Waals surface area contributed by atoms with Gasteiger partial charge in [-0.15, -0.1) is 5.54 Å². The summed E-state index contributed by atoms with van der Waals surface area (Å²) in [5.74, 6) is 5.36. The van der Waals surface area contributed by atoms with Crippen LogP contribution in [0.5, 0.6) is 0 Å². The van der Waals surface area contributed by atoms with Crippen molar-refractivity contribution in [2.75, 3.05) is 30.2 Å². The van der Waals surface area contributed by atoms with Gasteiger partial charge in [0.05, 0.1) is 25.6 Å². The number of unbranched alkanes of at least 4 members (excludes halogenated alkanes) is 6. The van der Waals surface area contributed by atoms with Gasteiger partial charge in [0.2, 0.25) is 0 Å². The lowest BCUT2D eigenvalue weighted by Crippen LogP contribution is -2.17. The monoisotopic (exact) mass is 645 g/mol. The summed E-state index contributed by atoms with van der Waals surface area (Å²) < 4.78 is 25.0. The molecule has 2 heterocycles. The highest BCUT2D eigenvalue weighted by Gasteiger charge is 2.21. The van der Waals surface area contributed by atoms with Gasteiger partial charge in [0, 0.05) is 11.3 Å². The summed E-state index contributed by atoms with van der Waals surface area (Å²) in [4.78, 5) is 22.5. The van der Waals surface area contributed by atoms with Gasteiger partial charge in [-0.2, -0.15) is 11.8 Å². The highest BCUT2D eigenvalue weighted by molar-refractivity contribution is 7.99. The lowest BCUT2D eigenvalue weighted by molar-refractivity contribution is 0.0724.